The van der Waals surface area contributed by atoms with Gasteiger partial charge in [-0.05, 0) is 18.9 Å². The molecule has 0 spiro atoms. The van der Waals surface area contributed by atoms with Crippen LogP contribution < -0.4 is 10.1 Å². The Kier molecular flexibility index (Phi) is 6.05. The Labute approximate surface area is 127 Å². The SMILES string of the molecule is CNC(=O)CCN(Cc1ccccc1OC)C1CCCC1. The van der Waals surface area contributed by atoms with Crippen molar-refractivity contribution in [3.63, 3.8) is 0 Å². The molecular formula is C17H26N2O2. The van der Waals surface area contributed by atoms with Crippen molar-refractivity contribution in [2.24, 2.45) is 0 Å². The van der Waals surface area contributed by atoms with E-state index in [1.54, 1.807) is 14.2 Å². The van der Waals surface area contributed by atoms with E-state index >= 15 is 0 Å². The monoisotopic (exact) mass is 290 g/mol. The van der Waals surface area contributed by atoms with Gasteiger partial charge in [0.2, 0.25) is 5.91 Å². The summed E-state index contributed by atoms with van der Waals surface area (Å²) in [4.78, 5) is 14.0. The number of methoxy groups -OCH3 is 1. The van der Waals surface area contributed by atoms with Crippen LogP contribution in [-0.4, -0.2) is 37.6 Å². The number of nitrogens with zero attached hydrogens (tertiary/aromatic N) is 1. The molecule has 4 heteroatoms. The van der Waals surface area contributed by atoms with Crippen LogP contribution in [0, 0.1) is 0 Å². The minimum absolute atomic E-state index is 0.109. The quantitative estimate of drug-likeness (QED) is 0.839. The van der Waals surface area contributed by atoms with Crippen LogP contribution in [0.2, 0.25) is 0 Å². The summed E-state index contributed by atoms with van der Waals surface area (Å²) in [5.74, 6) is 1.04. The van der Waals surface area contributed by atoms with Crippen molar-refractivity contribution >= 4 is 5.91 Å². The Hall–Kier alpha value is -1.55. The second-order valence-corrected chi connectivity index (χ2v) is 5.64. The predicted molar refractivity (Wildman–Crippen MR) is 84.3 cm³/mol. The molecule has 0 saturated heterocycles. The minimum Gasteiger partial charge on any atom is -0.496 e. The molecule has 4 nitrogen and oxygen atoms in total. The van der Waals surface area contributed by atoms with Crippen molar-refractivity contribution < 1.29 is 9.53 Å². The number of para-hydroxylation sites is 1. The van der Waals surface area contributed by atoms with Crippen molar-refractivity contribution in [3.05, 3.63) is 29.8 Å². The molecule has 1 N–H and O–H groups in total. The number of nitrogens with one attached hydrogen (secondary N) is 1. The standard InChI is InChI=1S/C17H26N2O2/c1-18-17(20)11-12-19(15-8-4-5-9-15)13-14-7-3-6-10-16(14)21-2/h3,6-7,10,15H,4-5,8-9,11-13H2,1-2H3,(H,18,20). The maximum atomic E-state index is 11.5. The highest BCUT2D eigenvalue weighted by atomic mass is 16.5. The fraction of sp³-hybridized carbons (Fsp3) is 0.588. The molecule has 0 aromatic heterocycles. The zero-order chi connectivity index (χ0) is 15.1. The zero-order valence-corrected chi connectivity index (χ0v) is 13.1. The number of carbonyl (C=O) groups excluding carboxylic acids is 1. The smallest absolute Gasteiger partial charge is 0.221 e. The first-order chi connectivity index (χ1) is 10.2. The van der Waals surface area contributed by atoms with Gasteiger partial charge in [-0.2, -0.15) is 0 Å². The zero-order valence-electron chi connectivity index (χ0n) is 13.1. The van der Waals surface area contributed by atoms with Crippen LogP contribution in [0.4, 0.5) is 0 Å². The van der Waals surface area contributed by atoms with Gasteiger partial charge in [0.05, 0.1) is 7.11 Å². The van der Waals surface area contributed by atoms with Gasteiger partial charge in [0, 0.05) is 38.2 Å². The second-order valence-electron chi connectivity index (χ2n) is 5.64. The van der Waals surface area contributed by atoms with E-state index in [1.165, 1.54) is 31.2 Å². The third-order valence-electron chi connectivity index (χ3n) is 4.31. The summed E-state index contributed by atoms with van der Waals surface area (Å²) in [5.41, 5.74) is 1.20. The fourth-order valence-electron chi connectivity index (χ4n) is 3.08. The van der Waals surface area contributed by atoms with Crippen molar-refractivity contribution in [3.8, 4) is 5.75 Å². The number of carbonyl (C=O) groups is 1. The van der Waals surface area contributed by atoms with Crippen LogP contribution in [0.5, 0.6) is 5.75 Å². The molecule has 0 radical (unpaired) electrons. The Morgan fingerprint density at radius 2 is 2.05 bits per heavy atom. The fourth-order valence-corrected chi connectivity index (χ4v) is 3.08. The molecule has 116 valence electrons. The Balaban J connectivity index is 2.05. The molecule has 1 amide bonds. The molecule has 0 unspecified atom stereocenters. The molecule has 1 aliphatic rings. The summed E-state index contributed by atoms with van der Waals surface area (Å²) in [6.07, 6.45) is 5.63. The van der Waals surface area contributed by atoms with Gasteiger partial charge < -0.3 is 10.1 Å². The molecule has 1 fully saturated rings. The van der Waals surface area contributed by atoms with Crippen molar-refractivity contribution in [2.75, 3.05) is 20.7 Å². The molecule has 21 heavy (non-hydrogen) atoms. The lowest BCUT2D eigenvalue weighted by molar-refractivity contribution is -0.121. The summed E-state index contributed by atoms with van der Waals surface area (Å²) in [7, 11) is 3.41. The van der Waals surface area contributed by atoms with Crippen LogP contribution in [0.3, 0.4) is 0 Å². The molecule has 1 aliphatic carbocycles. The van der Waals surface area contributed by atoms with Gasteiger partial charge in [0.1, 0.15) is 5.75 Å². The molecule has 1 saturated carbocycles. The number of amides is 1. The summed E-state index contributed by atoms with van der Waals surface area (Å²) in [6.45, 7) is 1.66. The van der Waals surface area contributed by atoms with Crippen LogP contribution in [0.25, 0.3) is 0 Å². The minimum atomic E-state index is 0.109. The van der Waals surface area contributed by atoms with Crippen molar-refractivity contribution in [1.82, 2.24) is 10.2 Å². The highest BCUT2D eigenvalue weighted by molar-refractivity contribution is 5.75. The lowest BCUT2D eigenvalue weighted by Gasteiger charge is -2.29. The Bertz CT molecular complexity index is 456. The molecule has 0 atom stereocenters. The molecule has 1 aromatic rings. The maximum Gasteiger partial charge on any atom is 0.221 e. The lowest BCUT2D eigenvalue weighted by atomic mass is 10.1. The number of hydrogen-bond acceptors (Lipinski definition) is 3. The van der Waals surface area contributed by atoms with Crippen LogP contribution in [0.15, 0.2) is 24.3 Å². The molecule has 1 aromatic carbocycles. The van der Waals surface area contributed by atoms with E-state index in [0.717, 1.165) is 18.8 Å². The van der Waals surface area contributed by atoms with Crippen molar-refractivity contribution in [2.45, 2.75) is 44.7 Å². The number of hydrogen-bond donors (Lipinski definition) is 1. The summed E-state index contributed by atoms with van der Waals surface area (Å²) in [6, 6.07) is 8.75. The van der Waals surface area contributed by atoms with E-state index in [-0.39, 0.29) is 5.91 Å². The van der Waals surface area contributed by atoms with Crippen molar-refractivity contribution in [1.29, 1.82) is 0 Å². The topological polar surface area (TPSA) is 41.6 Å². The van der Waals surface area contributed by atoms with Crippen LogP contribution in [0.1, 0.15) is 37.7 Å². The van der Waals surface area contributed by atoms with Gasteiger partial charge >= 0.3 is 0 Å². The molecule has 0 aliphatic heterocycles. The summed E-state index contributed by atoms with van der Waals surface area (Å²) >= 11 is 0. The maximum absolute atomic E-state index is 11.5. The van der Waals surface area contributed by atoms with E-state index < -0.39 is 0 Å². The second kappa shape index (κ2) is 8.03. The summed E-state index contributed by atoms with van der Waals surface area (Å²) < 4.78 is 5.45. The normalized spacial score (nSPS) is 15.4. The van der Waals surface area contributed by atoms with Gasteiger partial charge in [-0.1, -0.05) is 31.0 Å². The third kappa shape index (κ3) is 4.46. The number of rotatable bonds is 7. The Morgan fingerprint density at radius 1 is 1.33 bits per heavy atom. The van der Waals surface area contributed by atoms with Gasteiger partial charge in [-0.25, -0.2) is 0 Å². The molecular weight excluding hydrogens is 264 g/mol. The first-order valence-electron chi connectivity index (χ1n) is 7.81. The first-order valence-corrected chi connectivity index (χ1v) is 7.81. The Morgan fingerprint density at radius 3 is 2.71 bits per heavy atom. The van der Waals surface area contributed by atoms with Crippen LogP contribution >= 0.6 is 0 Å². The molecule has 0 heterocycles. The largest absolute Gasteiger partial charge is 0.496 e. The average Bonchev–Trinajstić information content (AvgIpc) is 3.05. The number of ether oxygens (including phenoxy) is 1. The van der Waals surface area contributed by atoms with E-state index in [1.807, 2.05) is 18.2 Å². The van der Waals surface area contributed by atoms with Gasteiger partial charge in [-0.15, -0.1) is 0 Å². The van der Waals surface area contributed by atoms with Gasteiger partial charge in [0.15, 0.2) is 0 Å². The lowest BCUT2D eigenvalue weighted by Crippen LogP contribution is -2.36. The van der Waals surface area contributed by atoms with E-state index in [9.17, 15) is 4.79 Å². The van der Waals surface area contributed by atoms with Crippen LogP contribution in [-0.2, 0) is 11.3 Å². The average molecular weight is 290 g/mol. The summed E-state index contributed by atoms with van der Waals surface area (Å²) in [5, 5.41) is 2.71. The van der Waals surface area contributed by atoms with E-state index in [2.05, 4.69) is 16.3 Å². The van der Waals surface area contributed by atoms with E-state index in [0.29, 0.717) is 12.5 Å². The van der Waals surface area contributed by atoms with E-state index in [4.69, 9.17) is 4.74 Å². The molecule has 2 rings (SSSR count). The first kappa shape index (κ1) is 15.8. The highest BCUT2D eigenvalue weighted by Crippen LogP contribution is 2.27. The third-order valence-corrected chi connectivity index (χ3v) is 4.31. The predicted octanol–water partition coefficient (Wildman–Crippen LogP) is 2.58. The van der Waals surface area contributed by atoms with Gasteiger partial charge in [-0.3, -0.25) is 9.69 Å². The molecule has 0 bridgehead atoms. The highest BCUT2D eigenvalue weighted by Gasteiger charge is 2.23. The number of benzene rings is 1. The van der Waals surface area contributed by atoms with Gasteiger partial charge in [0.25, 0.3) is 0 Å².